The van der Waals surface area contributed by atoms with E-state index in [0.717, 1.165) is 18.4 Å². The second-order valence-electron chi connectivity index (χ2n) is 6.86. The van der Waals surface area contributed by atoms with Crippen molar-refractivity contribution in [2.24, 2.45) is 0 Å². The third kappa shape index (κ3) is 10.9. The summed E-state index contributed by atoms with van der Waals surface area (Å²) in [5.41, 5.74) is 1.24. The van der Waals surface area contributed by atoms with E-state index in [4.69, 9.17) is 4.74 Å². The Kier molecular flexibility index (Phi) is 13.2. The van der Waals surface area contributed by atoms with Gasteiger partial charge in [-0.25, -0.2) is 4.79 Å². The SMILES string of the molecule is C=C(C(=O)OCC/C=C/CCCCCCCCCCC)c1ccccc1. The van der Waals surface area contributed by atoms with Crippen molar-refractivity contribution in [2.75, 3.05) is 6.61 Å². The third-order valence-electron chi connectivity index (χ3n) is 4.53. The lowest BCUT2D eigenvalue weighted by molar-refractivity contribution is -0.136. The summed E-state index contributed by atoms with van der Waals surface area (Å²) in [6, 6.07) is 9.44. The Morgan fingerprint density at radius 2 is 1.46 bits per heavy atom. The van der Waals surface area contributed by atoms with Gasteiger partial charge in [-0.15, -0.1) is 0 Å². The van der Waals surface area contributed by atoms with Gasteiger partial charge in [-0.3, -0.25) is 0 Å². The Labute approximate surface area is 160 Å². The zero-order valence-corrected chi connectivity index (χ0v) is 16.6. The van der Waals surface area contributed by atoms with Crippen LogP contribution in [0.4, 0.5) is 0 Å². The second-order valence-corrected chi connectivity index (χ2v) is 6.86. The van der Waals surface area contributed by atoms with Crippen LogP contribution in [0.2, 0.25) is 0 Å². The number of hydrogen-bond donors (Lipinski definition) is 0. The molecule has 0 saturated carbocycles. The normalized spacial score (nSPS) is 11.0. The quantitative estimate of drug-likeness (QED) is 0.145. The first-order chi connectivity index (χ1) is 12.8. The van der Waals surface area contributed by atoms with Gasteiger partial charge in [0.05, 0.1) is 12.2 Å². The van der Waals surface area contributed by atoms with Crippen molar-refractivity contribution in [3.8, 4) is 0 Å². The van der Waals surface area contributed by atoms with Crippen LogP contribution in [-0.2, 0) is 9.53 Å². The van der Waals surface area contributed by atoms with Crippen LogP contribution < -0.4 is 0 Å². The van der Waals surface area contributed by atoms with E-state index in [1.54, 1.807) is 0 Å². The fourth-order valence-electron chi connectivity index (χ4n) is 2.87. The first kappa shape index (κ1) is 22.2. The van der Waals surface area contributed by atoms with Crippen LogP contribution >= 0.6 is 0 Å². The minimum atomic E-state index is -0.330. The van der Waals surface area contributed by atoms with Gasteiger partial charge >= 0.3 is 5.97 Å². The molecule has 0 amide bonds. The average Bonchev–Trinajstić information content (AvgIpc) is 2.68. The van der Waals surface area contributed by atoms with Crippen molar-refractivity contribution in [2.45, 2.75) is 77.6 Å². The molecule has 0 aromatic heterocycles. The molecule has 0 spiro atoms. The largest absolute Gasteiger partial charge is 0.462 e. The number of carbonyl (C=O) groups is 1. The standard InChI is InChI=1S/C24H36O2/c1-3-4-5-6-7-8-9-10-11-12-13-14-18-21-26-24(25)22(2)23-19-16-15-17-20-23/h13-17,19-20H,2-12,18,21H2,1H3/b14-13+. The second kappa shape index (κ2) is 15.4. The average molecular weight is 357 g/mol. The Morgan fingerprint density at radius 1 is 0.885 bits per heavy atom. The third-order valence-corrected chi connectivity index (χ3v) is 4.53. The molecule has 0 aliphatic heterocycles. The predicted octanol–water partition coefficient (Wildman–Crippen LogP) is 7.11. The zero-order valence-electron chi connectivity index (χ0n) is 16.6. The van der Waals surface area contributed by atoms with E-state index in [-0.39, 0.29) is 5.97 Å². The first-order valence-corrected chi connectivity index (χ1v) is 10.3. The lowest BCUT2D eigenvalue weighted by Gasteiger charge is -2.06. The molecule has 1 aromatic rings. The van der Waals surface area contributed by atoms with Gasteiger partial charge in [-0.2, -0.15) is 0 Å². The van der Waals surface area contributed by atoms with Crippen molar-refractivity contribution in [1.82, 2.24) is 0 Å². The van der Waals surface area contributed by atoms with Crippen molar-refractivity contribution in [3.05, 3.63) is 54.6 Å². The molecule has 0 heterocycles. The Bertz CT molecular complexity index is 516. The van der Waals surface area contributed by atoms with E-state index in [1.807, 2.05) is 30.3 Å². The molecule has 0 aliphatic rings. The summed E-state index contributed by atoms with van der Waals surface area (Å²) in [6.45, 7) is 6.50. The first-order valence-electron chi connectivity index (χ1n) is 10.3. The predicted molar refractivity (Wildman–Crippen MR) is 112 cm³/mol. The maximum absolute atomic E-state index is 11.9. The number of hydrogen-bond acceptors (Lipinski definition) is 2. The highest BCUT2D eigenvalue weighted by atomic mass is 16.5. The highest BCUT2D eigenvalue weighted by Gasteiger charge is 2.09. The molecular formula is C24H36O2. The molecule has 0 aliphatic carbocycles. The molecule has 2 heteroatoms. The summed E-state index contributed by atoms with van der Waals surface area (Å²) < 4.78 is 5.27. The molecule has 0 atom stereocenters. The van der Waals surface area contributed by atoms with Crippen molar-refractivity contribution >= 4 is 11.5 Å². The van der Waals surface area contributed by atoms with Gasteiger partial charge in [0.1, 0.15) is 0 Å². The molecule has 1 aromatic carbocycles. The molecule has 0 radical (unpaired) electrons. The molecule has 0 saturated heterocycles. The molecule has 144 valence electrons. The minimum Gasteiger partial charge on any atom is -0.462 e. The van der Waals surface area contributed by atoms with Crippen LogP contribution in [0.5, 0.6) is 0 Å². The maximum atomic E-state index is 11.9. The number of unbranched alkanes of at least 4 members (excludes halogenated alkanes) is 9. The highest BCUT2D eigenvalue weighted by Crippen LogP contribution is 2.13. The van der Waals surface area contributed by atoms with Gasteiger partial charge in [0.15, 0.2) is 0 Å². The van der Waals surface area contributed by atoms with Gasteiger partial charge in [0, 0.05) is 0 Å². The van der Waals surface area contributed by atoms with Crippen LogP contribution in [-0.4, -0.2) is 12.6 Å². The van der Waals surface area contributed by atoms with Crippen LogP contribution in [0.1, 0.15) is 83.1 Å². The molecule has 0 unspecified atom stereocenters. The van der Waals surface area contributed by atoms with Crippen molar-refractivity contribution in [1.29, 1.82) is 0 Å². The van der Waals surface area contributed by atoms with E-state index in [2.05, 4.69) is 25.7 Å². The topological polar surface area (TPSA) is 26.3 Å². The number of rotatable bonds is 15. The molecule has 2 nitrogen and oxygen atoms in total. The highest BCUT2D eigenvalue weighted by molar-refractivity contribution is 6.15. The lowest BCUT2D eigenvalue weighted by Crippen LogP contribution is -2.07. The molecule has 0 bridgehead atoms. The van der Waals surface area contributed by atoms with E-state index >= 15 is 0 Å². The van der Waals surface area contributed by atoms with Gasteiger partial charge in [0.2, 0.25) is 0 Å². The summed E-state index contributed by atoms with van der Waals surface area (Å²) in [7, 11) is 0. The maximum Gasteiger partial charge on any atom is 0.338 e. The van der Waals surface area contributed by atoms with E-state index in [9.17, 15) is 4.79 Å². The molecule has 26 heavy (non-hydrogen) atoms. The van der Waals surface area contributed by atoms with Gasteiger partial charge in [0.25, 0.3) is 0 Å². The lowest BCUT2D eigenvalue weighted by atomic mass is 10.1. The summed E-state index contributed by atoms with van der Waals surface area (Å²) in [5, 5.41) is 0. The fourth-order valence-corrected chi connectivity index (χ4v) is 2.87. The molecule has 1 rings (SSSR count). The van der Waals surface area contributed by atoms with E-state index < -0.39 is 0 Å². The molecule has 0 N–H and O–H groups in total. The summed E-state index contributed by atoms with van der Waals surface area (Å²) >= 11 is 0. The number of esters is 1. The summed E-state index contributed by atoms with van der Waals surface area (Å²) in [4.78, 5) is 11.9. The number of ether oxygens (including phenoxy) is 1. The van der Waals surface area contributed by atoms with Crippen LogP contribution in [0.15, 0.2) is 49.1 Å². The summed E-state index contributed by atoms with van der Waals surface area (Å²) in [5.74, 6) is -0.330. The van der Waals surface area contributed by atoms with Gasteiger partial charge in [-0.1, -0.05) is 107 Å². The van der Waals surface area contributed by atoms with Crippen molar-refractivity contribution in [3.63, 3.8) is 0 Å². The number of benzene rings is 1. The Hall–Kier alpha value is -1.83. The van der Waals surface area contributed by atoms with Crippen LogP contribution in [0.25, 0.3) is 5.57 Å². The van der Waals surface area contributed by atoms with Crippen LogP contribution in [0, 0.1) is 0 Å². The Balaban J connectivity index is 1.94. The fraction of sp³-hybridized carbons (Fsp3) is 0.542. The Morgan fingerprint density at radius 3 is 2.12 bits per heavy atom. The molecular weight excluding hydrogens is 320 g/mol. The van der Waals surface area contributed by atoms with Crippen LogP contribution in [0.3, 0.4) is 0 Å². The monoisotopic (exact) mass is 356 g/mol. The van der Waals surface area contributed by atoms with Gasteiger partial charge in [-0.05, 0) is 24.8 Å². The smallest absolute Gasteiger partial charge is 0.338 e. The van der Waals surface area contributed by atoms with E-state index in [1.165, 1.54) is 57.8 Å². The van der Waals surface area contributed by atoms with Gasteiger partial charge < -0.3 is 4.74 Å². The number of allylic oxidation sites excluding steroid dienone is 1. The number of carbonyl (C=O) groups excluding carboxylic acids is 1. The minimum absolute atomic E-state index is 0.330. The summed E-state index contributed by atoms with van der Waals surface area (Å²) in [6.07, 6.45) is 18.5. The zero-order chi connectivity index (χ0) is 18.9. The van der Waals surface area contributed by atoms with E-state index in [0.29, 0.717) is 12.2 Å². The molecule has 0 fully saturated rings. The van der Waals surface area contributed by atoms with Crippen molar-refractivity contribution < 1.29 is 9.53 Å².